The molecule has 2 aliphatic rings. The normalized spacial score (nSPS) is 22.6. The molecular weight excluding hydrogens is 403 g/mol. The second-order valence-electron chi connectivity index (χ2n) is 7.64. The van der Waals surface area contributed by atoms with Crippen LogP contribution < -0.4 is 5.32 Å². The van der Waals surface area contributed by atoms with Crippen molar-refractivity contribution >= 4 is 23.6 Å². The van der Waals surface area contributed by atoms with Crippen molar-refractivity contribution < 1.29 is 14.0 Å². The molecule has 0 radical (unpaired) electrons. The van der Waals surface area contributed by atoms with E-state index in [9.17, 15) is 14.0 Å². The standard InChI is InChI=1S/C22H25FN4O2S/c23-18-4-2-1-3-17(18)13-20-21(28)25-19(15-30-20)22(29)27-11-9-26(10-12-27)14-16-5-7-24-8-6-16/h1-8,19-20H,9-15H2,(H,25,28)/t19-,20+/m0/s1. The molecule has 1 aromatic carbocycles. The molecular formula is C22H25FN4O2S. The number of amides is 2. The third-order valence-electron chi connectivity index (χ3n) is 5.57. The highest BCUT2D eigenvalue weighted by molar-refractivity contribution is 8.00. The van der Waals surface area contributed by atoms with Gasteiger partial charge in [0.2, 0.25) is 11.8 Å². The summed E-state index contributed by atoms with van der Waals surface area (Å²) in [6.07, 6.45) is 3.91. The third-order valence-corrected chi connectivity index (χ3v) is 6.88. The zero-order valence-corrected chi connectivity index (χ0v) is 17.5. The van der Waals surface area contributed by atoms with Crippen molar-refractivity contribution in [1.29, 1.82) is 0 Å². The Kier molecular flexibility index (Phi) is 6.64. The maximum Gasteiger partial charge on any atom is 0.246 e. The molecule has 2 aliphatic heterocycles. The Morgan fingerprint density at radius 1 is 1.13 bits per heavy atom. The Bertz CT molecular complexity index is 890. The van der Waals surface area contributed by atoms with Crippen LogP contribution >= 0.6 is 11.8 Å². The summed E-state index contributed by atoms with van der Waals surface area (Å²) in [6.45, 7) is 3.76. The van der Waals surface area contributed by atoms with Gasteiger partial charge in [-0.05, 0) is 35.7 Å². The number of hydrogen-bond acceptors (Lipinski definition) is 5. The number of aromatic nitrogens is 1. The summed E-state index contributed by atoms with van der Waals surface area (Å²) >= 11 is 1.44. The quantitative estimate of drug-likeness (QED) is 0.786. The topological polar surface area (TPSA) is 65.5 Å². The van der Waals surface area contributed by atoms with Gasteiger partial charge in [-0.25, -0.2) is 4.39 Å². The highest BCUT2D eigenvalue weighted by Crippen LogP contribution is 2.24. The van der Waals surface area contributed by atoms with Crippen molar-refractivity contribution in [1.82, 2.24) is 20.1 Å². The monoisotopic (exact) mass is 428 g/mol. The summed E-state index contributed by atoms with van der Waals surface area (Å²) in [5, 5.41) is 2.49. The van der Waals surface area contributed by atoms with Gasteiger partial charge in [0, 0.05) is 50.9 Å². The molecule has 2 saturated heterocycles. The van der Waals surface area contributed by atoms with Crippen LogP contribution in [0.5, 0.6) is 0 Å². The van der Waals surface area contributed by atoms with Crippen molar-refractivity contribution in [3.05, 3.63) is 65.7 Å². The Morgan fingerprint density at radius 3 is 2.57 bits per heavy atom. The first-order valence-corrected chi connectivity index (χ1v) is 11.2. The van der Waals surface area contributed by atoms with E-state index in [-0.39, 0.29) is 22.9 Å². The van der Waals surface area contributed by atoms with E-state index < -0.39 is 6.04 Å². The fraction of sp³-hybridized carbons (Fsp3) is 0.409. The van der Waals surface area contributed by atoms with Gasteiger partial charge in [0.15, 0.2) is 0 Å². The average Bonchev–Trinajstić information content (AvgIpc) is 2.77. The summed E-state index contributed by atoms with van der Waals surface area (Å²) < 4.78 is 13.9. The largest absolute Gasteiger partial charge is 0.343 e. The number of nitrogens with one attached hydrogen (secondary N) is 1. The lowest BCUT2D eigenvalue weighted by molar-refractivity contribution is -0.137. The fourth-order valence-corrected chi connectivity index (χ4v) is 5.00. The van der Waals surface area contributed by atoms with E-state index in [0.29, 0.717) is 30.8 Å². The van der Waals surface area contributed by atoms with Gasteiger partial charge in [0.1, 0.15) is 11.9 Å². The molecule has 2 amide bonds. The van der Waals surface area contributed by atoms with Gasteiger partial charge in [-0.1, -0.05) is 18.2 Å². The number of rotatable bonds is 5. The van der Waals surface area contributed by atoms with Crippen LogP contribution in [0.25, 0.3) is 0 Å². The minimum absolute atomic E-state index is 0.0243. The van der Waals surface area contributed by atoms with E-state index in [4.69, 9.17) is 0 Å². The maximum atomic E-state index is 13.9. The van der Waals surface area contributed by atoms with Crippen LogP contribution in [0, 0.1) is 5.82 Å². The predicted molar refractivity (Wildman–Crippen MR) is 114 cm³/mol. The van der Waals surface area contributed by atoms with E-state index in [2.05, 4.69) is 15.2 Å². The number of benzene rings is 1. The van der Waals surface area contributed by atoms with Gasteiger partial charge in [0.25, 0.3) is 0 Å². The third kappa shape index (κ3) is 4.99. The Morgan fingerprint density at radius 2 is 1.87 bits per heavy atom. The molecule has 6 nitrogen and oxygen atoms in total. The van der Waals surface area contributed by atoms with Crippen LogP contribution in [0.1, 0.15) is 11.1 Å². The van der Waals surface area contributed by atoms with Gasteiger partial charge in [-0.15, -0.1) is 11.8 Å². The molecule has 2 fully saturated rings. The molecule has 158 valence electrons. The van der Waals surface area contributed by atoms with Crippen molar-refractivity contribution in [3.63, 3.8) is 0 Å². The van der Waals surface area contributed by atoms with Crippen molar-refractivity contribution in [2.45, 2.75) is 24.3 Å². The molecule has 0 bridgehead atoms. The zero-order valence-electron chi connectivity index (χ0n) is 16.7. The number of nitrogens with zero attached hydrogens (tertiary/aromatic N) is 3. The lowest BCUT2D eigenvalue weighted by Crippen LogP contribution is -2.58. The highest BCUT2D eigenvalue weighted by atomic mass is 32.2. The van der Waals surface area contributed by atoms with Crippen molar-refractivity contribution in [3.8, 4) is 0 Å². The van der Waals surface area contributed by atoms with E-state index in [0.717, 1.165) is 19.6 Å². The average molecular weight is 429 g/mol. The van der Waals surface area contributed by atoms with Crippen molar-refractivity contribution in [2.75, 3.05) is 31.9 Å². The molecule has 2 atom stereocenters. The Balaban J connectivity index is 1.26. The summed E-state index contributed by atoms with van der Waals surface area (Å²) in [5.74, 6) is 0.00246. The number of carbonyl (C=O) groups excluding carboxylic acids is 2. The van der Waals surface area contributed by atoms with Gasteiger partial charge < -0.3 is 10.2 Å². The Labute approximate surface area is 179 Å². The zero-order chi connectivity index (χ0) is 20.9. The molecule has 4 rings (SSSR count). The molecule has 2 aromatic rings. The maximum absolute atomic E-state index is 13.9. The van der Waals surface area contributed by atoms with Crippen LogP contribution in [0.4, 0.5) is 4.39 Å². The van der Waals surface area contributed by atoms with E-state index in [1.807, 2.05) is 17.0 Å². The Hall–Kier alpha value is -2.45. The first kappa shape index (κ1) is 20.8. The highest BCUT2D eigenvalue weighted by Gasteiger charge is 2.35. The number of hydrogen-bond donors (Lipinski definition) is 1. The van der Waals surface area contributed by atoms with Crippen LogP contribution in [-0.4, -0.2) is 69.8 Å². The van der Waals surface area contributed by atoms with E-state index in [1.54, 1.807) is 30.6 Å². The number of pyridine rings is 1. The summed E-state index contributed by atoms with van der Waals surface area (Å²) in [7, 11) is 0. The number of thioether (sulfide) groups is 1. The van der Waals surface area contributed by atoms with Crippen LogP contribution in [-0.2, 0) is 22.6 Å². The number of carbonyl (C=O) groups is 2. The summed E-state index contributed by atoms with van der Waals surface area (Å²) in [5.41, 5.74) is 1.74. The molecule has 0 aliphatic carbocycles. The first-order valence-electron chi connectivity index (χ1n) is 10.2. The molecule has 8 heteroatoms. The second kappa shape index (κ2) is 9.57. The number of piperazine rings is 1. The summed E-state index contributed by atoms with van der Waals surface area (Å²) in [4.78, 5) is 33.6. The smallest absolute Gasteiger partial charge is 0.246 e. The fourth-order valence-electron chi connectivity index (χ4n) is 3.84. The molecule has 0 spiro atoms. The molecule has 3 heterocycles. The predicted octanol–water partition coefficient (Wildman–Crippen LogP) is 1.71. The molecule has 30 heavy (non-hydrogen) atoms. The first-order chi connectivity index (χ1) is 14.6. The van der Waals surface area contributed by atoms with Crippen LogP contribution in [0.3, 0.4) is 0 Å². The molecule has 0 unspecified atom stereocenters. The van der Waals surface area contributed by atoms with E-state index >= 15 is 0 Å². The van der Waals surface area contributed by atoms with Gasteiger partial charge >= 0.3 is 0 Å². The van der Waals surface area contributed by atoms with E-state index in [1.165, 1.54) is 23.4 Å². The molecule has 1 N–H and O–H groups in total. The lowest BCUT2D eigenvalue weighted by Gasteiger charge is -2.38. The number of halogens is 1. The SMILES string of the molecule is O=C1N[C@H](C(=O)N2CCN(Cc3ccncc3)CC2)CS[C@@H]1Cc1ccccc1F. The van der Waals surface area contributed by atoms with Crippen molar-refractivity contribution in [2.24, 2.45) is 0 Å². The van der Waals surface area contributed by atoms with Crippen LogP contribution in [0.2, 0.25) is 0 Å². The van der Waals surface area contributed by atoms with Gasteiger partial charge in [-0.3, -0.25) is 19.5 Å². The van der Waals surface area contributed by atoms with Crippen LogP contribution in [0.15, 0.2) is 48.8 Å². The lowest BCUT2D eigenvalue weighted by atomic mass is 10.1. The van der Waals surface area contributed by atoms with Gasteiger partial charge in [-0.2, -0.15) is 0 Å². The second-order valence-corrected chi connectivity index (χ2v) is 8.87. The minimum atomic E-state index is -0.508. The minimum Gasteiger partial charge on any atom is -0.343 e. The molecule has 0 saturated carbocycles. The molecule has 1 aromatic heterocycles. The summed E-state index contributed by atoms with van der Waals surface area (Å²) in [6, 6.07) is 10.0. The van der Waals surface area contributed by atoms with Gasteiger partial charge in [0.05, 0.1) is 5.25 Å².